The molecule has 6 aromatic rings. The standard InChI is InChI=1S/C42H63N17O11P2/c1-5-9-55(10-6-2)71(62,64-17-29-25(61)13-31(67-29)57-22-52-34-37(43)46-19-49-40(34)57)70-27-15-33(59-24-54-36-39(45)48-21-51-42(36)59)68-30(27)18-65-72(63,56(11-7-3)12-8-4)69-26-14-32(66-28(26)16-60)58-23-53-35-38(44)47-20-50-41(35)58/h19-33,60-61H,5-18H2,1-4H3,(H2,43,46,49)(H2,44,47,50)(H2,45,48,51)/t25-,26-,27-,28+,29+,30+,31+,32+,33+,71?,72?/m0/s1. The summed E-state index contributed by atoms with van der Waals surface area (Å²) >= 11 is 0. The van der Waals surface area contributed by atoms with E-state index in [-0.39, 0.29) is 49.9 Å². The van der Waals surface area contributed by atoms with E-state index in [1.807, 2.05) is 27.7 Å². The van der Waals surface area contributed by atoms with Crippen molar-refractivity contribution in [1.82, 2.24) is 67.9 Å². The molecule has 28 nitrogen and oxygen atoms in total. The van der Waals surface area contributed by atoms with Gasteiger partial charge < -0.3 is 41.6 Å². The number of aliphatic hydroxyl groups is 2. The molecule has 30 heteroatoms. The Morgan fingerprint density at radius 2 is 0.931 bits per heavy atom. The minimum atomic E-state index is -4.31. The van der Waals surface area contributed by atoms with Crippen LogP contribution in [0, 0.1) is 0 Å². The normalized spacial score (nSPS) is 26.5. The number of aliphatic hydroxyl groups excluding tert-OH is 2. The van der Waals surface area contributed by atoms with Crippen molar-refractivity contribution in [3.05, 3.63) is 38.0 Å². The number of ether oxygens (including phenoxy) is 3. The van der Waals surface area contributed by atoms with E-state index in [1.165, 1.54) is 38.0 Å². The first-order valence-corrected chi connectivity index (χ1v) is 27.2. The van der Waals surface area contributed by atoms with Crippen LogP contribution in [0.25, 0.3) is 33.5 Å². The first kappa shape index (κ1) is 52.0. The van der Waals surface area contributed by atoms with Crippen LogP contribution in [0.4, 0.5) is 17.5 Å². The molecule has 0 saturated carbocycles. The van der Waals surface area contributed by atoms with Crippen molar-refractivity contribution in [3.8, 4) is 0 Å². The number of fused-ring (bicyclic) bond motifs is 3. The first-order chi connectivity index (χ1) is 34.8. The fourth-order valence-corrected chi connectivity index (χ4v) is 13.6. The van der Waals surface area contributed by atoms with E-state index in [9.17, 15) is 10.2 Å². The van der Waals surface area contributed by atoms with Gasteiger partial charge in [-0.25, -0.2) is 63.3 Å². The maximum atomic E-state index is 15.6. The van der Waals surface area contributed by atoms with Gasteiger partial charge in [0, 0.05) is 45.4 Å². The zero-order valence-electron chi connectivity index (χ0n) is 40.5. The lowest BCUT2D eigenvalue weighted by Gasteiger charge is -2.35. The molecule has 9 heterocycles. The summed E-state index contributed by atoms with van der Waals surface area (Å²) in [4.78, 5) is 38.4. The maximum Gasteiger partial charge on any atom is 0.408 e. The molecule has 0 amide bonds. The second-order valence-corrected chi connectivity index (χ2v) is 21.8. The second kappa shape index (κ2) is 22.3. The maximum absolute atomic E-state index is 15.6. The quantitative estimate of drug-likeness (QED) is 0.0539. The Morgan fingerprint density at radius 3 is 1.33 bits per heavy atom. The predicted molar refractivity (Wildman–Crippen MR) is 259 cm³/mol. The highest BCUT2D eigenvalue weighted by atomic mass is 31.2. The van der Waals surface area contributed by atoms with Gasteiger partial charge in [-0.15, -0.1) is 0 Å². The molecule has 2 unspecified atom stereocenters. The van der Waals surface area contributed by atoms with Gasteiger partial charge >= 0.3 is 15.5 Å². The molecule has 8 N–H and O–H groups in total. The Balaban J connectivity index is 0.999. The smallest absolute Gasteiger partial charge is 0.394 e. The van der Waals surface area contributed by atoms with Crippen LogP contribution in [0.2, 0.25) is 0 Å². The number of anilines is 3. The van der Waals surface area contributed by atoms with Crippen LogP contribution in [0.3, 0.4) is 0 Å². The van der Waals surface area contributed by atoms with Crippen molar-refractivity contribution in [1.29, 1.82) is 0 Å². The van der Waals surface area contributed by atoms with Crippen molar-refractivity contribution >= 4 is 66.4 Å². The molecule has 3 aliphatic rings. The largest absolute Gasteiger partial charge is 0.408 e. The Hall–Kier alpha value is -4.93. The fourth-order valence-electron chi connectivity index (χ4n) is 9.34. The van der Waals surface area contributed by atoms with Gasteiger partial charge in [0.2, 0.25) is 0 Å². The van der Waals surface area contributed by atoms with Crippen molar-refractivity contribution in [2.45, 2.75) is 128 Å². The molecule has 0 aromatic carbocycles. The van der Waals surface area contributed by atoms with Gasteiger partial charge in [0.1, 0.15) is 84.7 Å². The molecule has 0 bridgehead atoms. The summed E-state index contributed by atoms with van der Waals surface area (Å²) in [6.45, 7) is 8.00. The summed E-state index contributed by atoms with van der Waals surface area (Å²) in [6.07, 6.45) is 3.12. The van der Waals surface area contributed by atoms with Crippen molar-refractivity contribution in [3.63, 3.8) is 0 Å². The highest BCUT2D eigenvalue weighted by Crippen LogP contribution is 2.58. The Bertz CT molecular complexity index is 2880. The molecule has 6 aromatic heterocycles. The van der Waals surface area contributed by atoms with Crippen LogP contribution >= 0.6 is 15.5 Å². The third-order valence-electron chi connectivity index (χ3n) is 12.8. The Kier molecular flexibility index (Phi) is 16.1. The fraction of sp³-hybridized carbons (Fsp3) is 0.643. The molecule has 0 aliphatic carbocycles. The highest BCUT2D eigenvalue weighted by Gasteiger charge is 2.49. The zero-order chi connectivity index (χ0) is 50.7. The minimum absolute atomic E-state index is 0.0720. The molecule has 3 saturated heterocycles. The van der Waals surface area contributed by atoms with Gasteiger partial charge in [0.05, 0.1) is 44.9 Å². The predicted octanol–water partition coefficient (Wildman–Crippen LogP) is 3.73. The average Bonchev–Trinajstić information content (AvgIpc) is 4.24. The molecule has 72 heavy (non-hydrogen) atoms. The van der Waals surface area contributed by atoms with Gasteiger partial charge in [-0.3, -0.25) is 31.8 Å². The average molecular weight is 1040 g/mol. The second-order valence-electron chi connectivity index (χ2n) is 17.8. The van der Waals surface area contributed by atoms with E-state index in [0.717, 1.165) is 0 Å². The van der Waals surface area contributed by atoms with Gasteiger partial charge in [0.25, 0.3) is 0 Å². The van der Waals surface area contributed by atoms with Crippen LogP contribution in [0.5, 0.6) is 0 Å². The number of nitrogens with zero attached hydrogens (tertiary/aromatic N) is 14. The van der Waals surface area contributed by atoms with Crippen molar-refractivity contribution in [2.24, 2.45) is 0 Å². The Labute approximate surface area is 414 Å². The topological polar surface area (TPSA) is 355 Å². The van der Waals surface area contributed by atoms with E-state index >= 15 is 9.13 Å². The number of hydrogen-bond acceptors (Lipinski definition) is 23. The van der Waals surface area contributed by atoms with Crippen LogP contribution in [0.15, 0.2) is 38.0 Å². The number of hydrogen-bond donors (Lipinski definition) is 5. The summed E-state index contributed by atoms with van der Waals surface area (Å²) in [7, 11) is -8.60. The summed E-state index contributed by atoms with van der Waals surface area (Å²) in [5.74, 6) is 0.558. The molecular formula is C42H63N17O11P2. The van der Waals surface area contributed by atoms with Gasteiger partial charge in [0.15, 0.2) is 34.4 Å². The number of imidazole rings is 3. The summed E-state index contributed by atoms with van der Waals surface area (Å²) in [6, 6.07) is 0. The van der Waals surface area contributed by atoms with E-state index in [2.05, 4.69) is 44.9 Å². The van der Waals surface area contributed by atoms with Crippen LogP contribution in [-0.2, 0) is 41.4 Å². The molecule has 11 atom stereocenters. The molecular weight excluding hydrogens is 981 g/mol. The third kappa shape index (κ3) is 10.4. The van der Waals surface area contributed by atoms with Crippen molar-refractivity contribution < 1.29 is 51.6 Å². The van der Waals surface area contributed by atoms with Crippen LogP contribution in [0.1, 0.15) is 91.3 Å². The highest BCUT2D eigenvalue weighted by molar-refractivity contribution is 7.51. The molecule has 0 spiro atoms. The van der Waals surface area contributed by atoms with E-state index in [1.54, 1.807) is 23.0 Å². The minimum Gasteiger partial charge on any atom is -0.394 e. The molecule has 392 valence electrons. The zero-order valence-corrected chi connectivity index (χ0v) is 42.3. The lowest BCUT2D eigenvalue weighted by atomic mass is 10.2. The van der Waals surface area contributed by atoms with E-state index in [0.29, 0.717) is 85.4 Å². The summed E-state index contributed by atoms with van der Waals surface area (Å²) in [5.41, 5.74) is 20.6. The van der Waals surface area contributed by atoms with Crippen molar-refractivity contribution in [2.75, 3.05) is 63.2 Å². The SMILES string of the molecule is CCCN(CCC)P(=O)(OC[C@H]1O[C@@H](n2cnc3c(N)ncnc32)C[C@@H]1OP(=O)(OC[C@H]1O[C@@H](n2cnc3c(N)ncnc32)C[C@@H]1O)N(CCC)CCC)O[C@H]1C[C@H](n2cnc3c(N)ncnc32)O[C@@H]1CO. The van der Waals surface area contributed by atoms with Crippen LogP contribution in [-0.4, -0.2) is 161 Å². The summed E-state index contributed by atoms with van der Waals surface area (Å²) < 4.78 is 85.1. The van der Waals surface area contributed by atoms with Crippen LogP contribution < -0.4 is 17.2 Å². The summed E-state index contributed by atoms with van der Waals surface area (Å²) in [5, 5.41) is 21.9. The van der Waals surface area contributed by atoms with Gasteiger partial charge in [-0.2, -0.15) is 0 Å². The first-order valence-electron chi connectivity index (χ1n) is 24.2. The third-order valence-corrected chi connectivity index (χ3v) is 17.0. The lowest BCUT2D eigenvalue weighted by Crippen LogP contribution is -2.36. The monoisotopic (exact) mass is 1040 g/mol. The Morgan fingerprint density at radius 1 is 0.569 bits per heavy atom. The van der Waals surface area contributed by atoms with Gasteiger partial charge in [-0.05, 0) is 25.7 Å². The molecule has 3 aliphatic heterocycles. The number of nitrogen functional groups attached to an aromatic ring is 3. The van der Waals surface area contributed by atoms with Gasteiger partial charge in [-0.1, -0.05) is 27.7 Å². The van der Waals surface area contributed by atoms with E-state index < -0.39 is 77.4 Å². The van der Waals surface area contributed by atoms with E-state index in [4.69, 9.17) is 49.5 Å². The molecule has 3 fully saturated rings. The molecule has 9 rings (SSSR count). The molecule has 0 radical (unpaired) electrons. The lowest BCUT2D eigenvalue weighted by molar-refractivity contribution is -0.0578. The number of nitrogens with two attached hydrogens (primary N) is 3. The number of rotatable bonds is 24. The number of aromatic nitrogens is 12.